The summed E-state index contributed by atoms with van der Waals surface area (Å²) >= 11 is 5.53. The molecule has 12 heteroatoms. The molecule has 3 amide bonds. The van der Waals surface area contributed by atoms with E-state index < -0.39 is 22.6 Å². The third-order valence-corrected chi connectivity index (χ3v) is 12.8. The number of alkyl halides is 1. The van der Waals surface area contributed by atoms with Crippen LogP contribution in [-0.4, -0.2) is 131 Å². The first-order chi connectivity index (χ1) is 22.3. The number of likely N-dealkylation sites (tertiary alicyclic amines) is 1. The number of hydrogen-bond acceptors (Lipinski definition) is 8. The van der Waals surface area contributed by atoms with Crippen molar-refractivity contribution < 1.29 is 29.0 Å². The summed E-state index contributed by atoms with van der Waals surface area (Å²) in [6.07, 6.45) is 5.15. The maximum atomic E-state index is 14.7. The van der Waals surface area contributed by atoms with Crippen molar-refractivity contribution in [1.29, 1.82) is 0 Å². The summed E-state index contributed by atoms with van der Waals surface area (Å²) < 4.78 is 10.4. The standard InChI is InChI=1S/C34H47BrN4O6S/c1-4-13-37(17-16-36-18-21-44-22-19-36)33(43)30-34-23-26(35)29(46-34)27(28(34)32(42)39(30)15-7-8-20-40)31(41)38(14-5-2)24-9-11-25(12-10-24)45-6-3/h4-5,9-12,26-30,40H,1-2,6-8,13-23H2,3H3/t26?,27-,28+,29-,30?,34?/m1/s1. The molecule has 5 rings (SSSR count). The van der Waals surface area contributed by atoms with Crippen molar-refractivity contribution in [2.24, 2.45) is 11.8 Å². The molecule has 4 aliphatic rings. The molecule has 4 heterocycles. The van der Waals surface area contributed by atoms with Gasteiger partial charge in [0.15, 0.2) is 0 Å². The van der Waals surface area contributed by atoms with E-state index in [2.05, 4.69) is 34.0 Å². The van der Waals surface area contributed by atoms with Crippen LogP contribution in [0.5, 0.6) is 5.75 Å². The second-order valence-corrected chi connectivity index (χ2v) is 15.0. The van der Waals surface area contributed by atoms with Gasteiger partial charge >= 0.3 is 0 Å². The van der Waals surface area contributed by atoms with Gasteiger partial charge in [-0.1, -0.05) is 28.1 Å². The van der Waals surface area contributed by atoms with Crippen molar-refractivity contribution >= 4 is 51.1 Å². The van der Waals surface area contributed by atoms with Gasteiger partial charge in [0.1, 0.15) is 11.8 Å². The maximum Gasteiger partial charge on any atom is 0.247 e. The molecule has 1 aromatic rings. The summed E-state index contributed by atoms with van der Waals surface area (Å²) in [6.45, 7) is 15.5. The van der Waals surface area contributed by atoms with E-state index in [-0.39, 0.29) is 34.4 Å². The topological polar surface area (TPSA) is 103 Å². The summed E-state index contributed by atoms with van der Waals surface area (Å²) in [7, 11) is 0. The predicted molar refractivity (Wildman–Crippen MR) is 184 cm³/mol. The SMILES string of the molecule is C=CCN(CCN1CCOCC1)C(=O)C1N(CCCCO)C(=O)[C@@H]2[C@@H](C(=O)N(CC=C)c3ccc(OCC)cc3)[C@@H]3SC12CC3Br. The molecule has 1 N–H and O–H groups in total. The highest BCUT2D eigenvalue weighted by atomic mass is 79.9. The van der Waals surface area contributed by atoms with Gasteiger partial charge in [0.25, 0.3) is 0 Å². The van der Waals surface area contributed by atoms with E-state index in [0.717, 1.165) is 18.8 Å². The monoisotopic (exact) mass is 718 g/mol. The lowest BCUT2D eigenvalue weighted by Gasteiger charge is -2.39. The molecule has 252 valence electrons. The van der Waals surface area contributed by atoms with Crippen molar-refractivity contribution in [3.63, 3.8) is 0 Å². The second-order valence-electron chi connectivity index (χ2n) is 12.3. The van der Waals surface area contributed by atoms with E-state index in [1.807, 2.05) is 36.1 Å². The highest BCUT2D eigenvalue weighted by molar-refractivity contribution is 9.09. The Hall–Kier alpha value is -2.38. The van der Waals surface area contributed by atoms with Crippen LogP contribution >= 0.6 is 27.7 Å². The van der Waals surface area contributed by atoms with Crippen LogP contribution in [-0.2, 0) is 19.1 Å². The van der Waals surface area contributed by atoms with E-state index in [0.29, 0.717) is 77.5 Å². The fraction of sp³-hybridized carbons (Fsp3) is 0.618. The van der Waals surface area contributed by atoms with Gasteiger partial charge in [-0.2, -0.15) is 0 Å². The molecule has 4 fully saturated rings. The quantitative estimate of drug-likeness (QED) is 0.158. The Morgan fingerprint density at radius 1 is 1.13 bits per heavy atom. The molecular weight excluding hydrogens is 672 g/mol. The van der Waals surface area contributed by atoms with Crippen molar-refractivity contribution in [3.8, 4) is 5.75 Å². The smallest absolute Gasteiger partial charge is 0.247 e. The van der Waals surface area contributed by atoms with Crippen LogP contribution in [0.3, 0.4) is 0 Å². The van der Waals surface area contributed by atoms with E-state index >= 15 is 0 Å². The minimum Gasteiger partial charge on any atom is -0.494 e. The van der Waals surface area contributed by atoms with Gasteiger partial charge in [-0.15, -0.1) is 24.9 Å². The van der Waals surface area contributed by atoms with Crippen LogP contribution in [0.25, 0.3) is 0 Å². The van der Waals surface area contributed by atoms with Crippen LogP contribution in [0.2, 0.25) is 0 Å². The second kappa shape index (κ2) is 15.7. The van der Waals surface area contributed by atoms with Crippen LogP contribution in [0.15, 0.2) is 49.6 Å². The van der Waals surface area contributed by atoms with Gasteiger partial charge in [0.05, 0.1) is 36.4 Å². The number of anilines is 1. The predicted octanol–water partition coefficient (Wildman–Crippen LogP) is 3.19. The van der Waals surface area contributed by atoms with Crippen LogP contribution in [0.4, 0.5) is 5.69 Å². The number of morpholine rings is 1. The number of halogens is 1. The average molecular weight is 720 g/mol. The summed E-state index contributed by atoms with van der Waals surface area (Å²) in [4.78, 5) is 51.4. The normalized spacial score (nSPS) is 28.6. The van der Waals surface area contributed by atoms with Crippen molar-refractivity contribution in [2.45, 2.75) is 47.1 Å². The number of aliphatic hydroxyl groups is 1. The van der Waals surface area contributed by atoms with E-state index in [9.17, 15) is 19.5 Å². The first-order valence-corrected chi connectivity index (χ1v) is 18.2. The Bertz CT molecular complexity index is 1260. The van der Waals surface area contributed by atoms with Crippen molar-refractivity contribution in [3.05, 3.63) is 49.6 Å². The molecule has 0 aliphatic carbocycles. The molecule has 1 spiro atoms. The summed E-state index contributed by atoms with van der Waals surface area (Å²) in [5.74, 6) is -0.891. The fourth-order valence-electron chi connectivity index (χ4n) is 7.55. The first kappa shape index (κ1) is 34.9. The van der Waals surface area contributed by atoms with E-state index in [1.54, 1.807) is 33.7 Å². The lowest BCUT2D eigenvalue weighted by Crippen LogP contribution is -2.56. The van der Waals surface area contributed by atoms with E-state index in [1.165, 1.54) is 0 Å². The molecule has 4 aliphatic heterocycles. The van der Waals surface area contributed by atoms with Gasteiger partial charge in [-0.25, -0.2) is 0 Å². The number of carbonyl (C=O) groups excluding carboxylic acids is 3. The Labute approximate surface area is 285 Å². The number of carbonyl (C=O) groups is 3. The lowest BCUT2D eigenvalue weighted by molar-refractivity contribution is -0.142. The Morgan fingerprint density at radius 3 is 2.50 bits per heavy atom. The molecule has 1 aromatic carbocycles. The molecule has 3 unspecified atom stereocenters. The molecule has 0 radical (unpaired) electrons. The number of nitrogens with zero attached hydrogens (tertiary/aromatic N) is 4. The van der Waals surface area contributed by atoms with Crippen molar-refractivity contribution in [2.75, 3.05) is 77.1 Å². The van der Waals surface area contributed by atoms with Gasteiger partial charge in [-0.3, -0.25) is 19.3 Å². The minimum absolute atomic E-state index is 0.0113. The minimum atomic E-state index is -0.746. The van der Waals surface area contributed by atoms with Gasteiger partial charge in [-0.05, 0) is 50.5 Å². The van der Waals surface area contributed by atoms with Crippen LogP contribution < -0.4 is 9.64 Å². The van der Waals surface area contributed by atoms with E-state index in [4.69, 9.17) is 9.47 Å². The molecule has 0 saturated carbocycles. The third-order valence-electron chi connectivity index (χ3n) is 9.60. The zero-order valence-electron chi connectivity index (χ0n) is 26.7. The third kappa shape index (κ3) is 6.78. The molecule has 4 saturated heterocycles. The van der Waals surface area contributed by atoms with Gasteiger partial charge in [0.2, 0.25) is 17.7 Å². The average Bonchev–Trinajstić information content (AvgIpc) is 3.65. The number of unbranched alkanes of at least 4 members (excludes halogenated alkanes) is 1. The molecule has 6 atom stereocenters. The zero-order chi connectivity index (χ0) is 32.8. The van der Waals surface area contributed by atoms with Crippen LogP contribution in [0, 0.1) is 11.8 Å². The number of amides is 3. The molecular formula is C34H47BrN4O6S. The molecule has 10 nitrogen and oxygen atoms in total. The highest BCUT2D eigenvalue weighted by Gasteiger charge is 2.76. The number of hydrogen-bond donors (Lipinski definition) is 1. The first-order valence-electron chi connectivity index (χ1n) is 16.4. The maximum absolute atomic E-state index is 14.7. The number of rotatable bonds is 16. The molecule has 2 bridgehead atoms. The van der Waals surface area contributed by atoms with Crippen molar-refractivity contribution in [1.82, 2.24) is 14.7 Å². The van der Waals surface area contributed by atoms with Gasteiger partial charge in [0, 0.05) is 68.2 Å². The summed E-state index contributed by atoms with van der Waals surface area (Å²) in [6, 6.07) is 6.70. The number of benzene rings is 1. The number of fused-ring (bicyclic) bond motifs is 1. The Kier molecular flexibility index (Phi) is 11.9. The number of ether oxygens (including phenoxy) is 2. The molecule has 46 heavy (non-hydrogen) atoms. The molecule has 0 aromatic heterocycles. The highest BCUT2D eigenvalue weighted by Crippen LogP contribution is 2.68. The van der Waals surface area contributed by atoms with Crippen LogP contribution in [0.1, 0.15) is 26.2 Å². The lowest BCUT2D eigenvalue weighted by atomic mass is 9.70. The van der Waals surface area contributed by atoms with Gasteiger partial charge < -0.3 is 29.3 Å². The fourth-order valence-corrected chi connectivity index (χ4v) is 11.2. The largest absolute Gasteiger partial charge is 0.494 e. The summed E-state index contributed by atoms with van der Waals surface area (Å²) in [5.41, 5.74) is 0.708. The number of thioether (sulfide) groups is 1. The Morgan fingerprint density at radius 2 is 1.85 bits per heavy atom. The zero-order valence-corrected chi connectivity index (χ0v) is 29.1. The number of aliphatic hydroxyl groups excluding tert-OH is 1. The summed E-state index contributed by atoms with van der Waals surface area (Å²) in [5, 5.41) is 9.38. The Balaban J connectivity index is 1.47.